The van der Waals surface area contributed by atoms with Gasteiger partial charge in [0.05, 0.1) is 6.20 Å². The van der Waals surface area contributed by atoms with Crippen LogP contribution in [-0.2, 0) is 0 Å². The van der Waals surface area contributed by atoms with Crippen LogP contribution < -0.4 is 5.48 Å². The molecule has 1 aromatic heterocycles. The first-order chi connectivity index (χ1) is 4.74. The van der Waals surface area contributed by atoms with Gasteiger partial charge in [0.2, 0.25) is 5.95 Å². The van der Waals surface area contributed by atoms with Crippen molar-refractivity contribution in [1.29, 1.82) is 0 Å². The summed E-state index contributed by atoms with van der Waals surface area (Å²) >= 11 is 0. The zero-order valence-electron chi connectivity index (χ0n) is 4.84. The van der Waals surface area contributed by atoms with Gasteiger partial charge < -0.3 is 10.7 Å². The molecule has 0 fully saturated rings. The molecule has 2 N–H and O–H groups in total. The molecule has 0 saturated carbocycles. The topological polar surface area (TPSA) is 52.6 Å². The number of hydrogen-bond acceptors (Lipinski definition) is 2. The van der Waals surface area contributed by atoms with Crippen LogP contribution in [0.25, 0.3) is 0 Å². The Hall–Kier alpha value is -1.07. The second kappa shape index (κ2) is 2.68. The van der Waals surface area contributed by atoms with E-state index in [1.807, 2.05) is 0 Å². The largest absolute Gasteiger partial charge is 0.630 e. The molecular formula is C5H4F2N2O. The zero-order valence-corrected chi connectivity index (χ0v) is 4.84. The first kappa shape index (κ1) is 7.04. The molecule has 54 valence electrons. The molecule has 0 saturated heterocycles. The molecule has 3 nitrogen and oxygen atoms in total. The van der Waals surface area contributed by atoms with E-state index in [2.05, 4.69) is 4.98 Å². The van der Waals surface area contributed by atoms with Crippen molar-refractivity contribution in [2.24, 2.45) is 0 Å². The minimum absolute atomic E-state index is 0.235. The molecule has 0 unspecified atom stereocenters. The Labute approximate surface area is 55.3 Å². The van der Waals surface area contributed by atoms with E-state index in [9.17, 15) is 14.0 Å². The number of nitrogens with zero attached hydrogens (tertiary/aromatic N) is 1. The molecule has 0 aliphatic carbocycles. The van der Waals surface area contributed by atoms with E-state index in [1.54, 1.807) is 0 Å². The highest BCUT2D eigenvalue weighted by atomic mass is 19.1. The highest BCUT2D eigenvalue weighted by Crippen LogP contribution is 2.05. The fraction of sp³-hybridized carbons (Fsp3) is 0. The summed E-state index contributed by atoms with van der Waals surface area (Å²) in [5.74, 6) is -1.81. The van der Waals surface area contributed by atoms with Crippen molar-refractivity contribution in [3.8, 4) is 0 Å². The van der Waals surface area contributed by atoms with Gasteiger partial charge in [-0.25, -0.2) is 9.37 Å². The maximum Gasteiger partial charge on any atom is 0.216 e. The van der Waals surface area contributed by atoms with Crippen LogP contribution in [-0.4, -0.2) is 4.98 Å². The third-order valence-corrected chi connectivity index (χ3v) is 0.976. The third kappa shape index (κ3) is 1.26. The molecule has 0 amide bonds. The maximum absolute atomic E-state index is 12.3. The van der Waals surface area contributed by atoms with Crippen LogP contribution in [0.15, 0.2) is 12.3 Å². The lowest BCUT2D eigenvalue weighted by Gasteiger charge is -2.00. The summed E-state index contributed by atoms with van der Waals surface area (Å²) in [5.41, 5.74) is 0.0447. The van der Waals surface area contributed by atoms with Crippen LogP contribution in [0, 0.1) is 17.0 Å². The van der Waals surface area contributed by atoms with E-state index in [0.717, 1.165) is 6.20 Å². The second-order valence-corrected chi connectivity index (χ2v) is 1.65. The quantitative estimate of drug-likeness (QED) is 0.449. The molecule has 0 bridgehead atoms. The van der Waals surface area contributed by atoms with E-state index in [1.165, 1.54) is 0 Å². The molecule has 0 aliphatic rings. The average Bonchev–Trinajstić information content (AvgIpc) is 1.88. The Bertz CT molecular complexity index is 241. The lowest BCUT2D eigenvalue weighted by Crippen LogP contribution is -2.70. The number of halogens is 2. The normalized spacial score (nSPS) is 9.90. The van der Waals surface area contributed by atoms with Crippen LogP contribution in [0.1, 0.15) is 0 Å². The van der Waals surface area contributed by atoms with Crippen molar-refractivity contribution in [2.75, 3.05) is 0 Å². The van der Waals surface area contributed by atoms with E-state index in [4.69, 9.17) is 0 Å². The van der Waals surface area contributed by atoms with Gasteiger partial charge in [0.25, 0.3) is 0 Å². The van der Waals surface area contributed by atoms with Crippen molar-refractivity contribution in [3.63, 3.8) is 0 Å². The van der Waals surface area contributed by atoms with Crippen LogP contribution in [0.3, 0.4) is 0 Å². The van der Waals surface area contributed by atoms with Crippen molar-refractivity contribution < 1.29 is 14.3 Å². The Morgan fingerprint density at radius 1 is 1.50 bits per heavy atom. The lowest BCUT2D eigenvalue weighted by atomic mass is 10.4. The predicted octanol–water partition coefficient (Wildman–Crippen LogP) is 0.0525. The molecule has 0 spiro atoms. The summed E-state index contributed by atoms with van der Waals surface area (Å²) in [6, 6.07) is 0.559. The molecular weight excluding hydrogens is 142 g/mol. The van der Waals surface area contributed by atoms with Gasteiger partial charge in [-0.3, -0.25) is 0 Å². The van der Waals surface area contributed by atoms with Gasteiger partial charge in [0.1, 0.15) is 0 Å². The highest BCUT2D eigenvalue weighted by molar-refractivity contribution is 5.25. The molecule has 5 heteroatoms. The van der Waals surface area contributed by atoms with Crippen LogP contribution >= 0.6 is 0 Å². The van der Waals surface area contributed by atoms with Crippen molar-refractivity contribution >= 4 is 5.69 Å². The number of hydrogen-bond donors (Lipinski definition) is 1. The zero-order chi connectivity index (χ0) is 7.56. The smallest absolute Gasteiger partial charge is 0.216 e. The first-order valence-electron chi connectivity index (χ1n) is 2.50. The average molecular weight is 146 g/mol. The number of rotatable bonds is 1. The molecule has 1 aromatic rings. The van der Waals surface area contributed by atoms with Crippen LogP contribution in [0.4, 0.5) is 14.5 Å². The minimum atomic E-state index is -0.928. The standard InChI is InChI=1S/C5H4F2N2O/c6-3-1-5(7)8-2-4(3)9-10/h1-2H,9H2. The Morgan fingerprint density at radius 2 is 2.20 bits per heavy atom. The molecule has 0 aromatic carbocycles. The lowest BCUT2D eigenvalue weighted by molar-refractivity contribution is -0.499. The van der Waals surface area contributed by atoms with Crippen molar-refractivity contribution in [1.82, 2.24) is 4.98 Å². The number of quaternary nitrogens is 1. The molecule has 1 rings (SSSR count). The fourth-order valence-corrected chi connectivity index (χ4v) is 0.505. The second-order valence-electron chi connectivity index (χ2n) is 1.65. The van der Waals surface area contributed by atoms with Gasteiger partial charge in [0.15, 0.2) is 11.5 Å². The summed E-state index contributed by atoms with van der Waals surface area (Å²) in [6.45, 7) is 0. The van der Waals surface area contributed by atoms with Gasteiger partial charge in [0, 0.05) is 6.07 Å². The number of aromatic nitrogens is 1. The Kier molecular flexibility index (Phi) is 1.88. The third-order valence-electron chi connectivity index (χ3n) is 0.976. The van der Waals surface area contributed by atoms with E-state index in [-0.39, 0.29) is 11.2 Å². The van der Waals surface area contributed by atoms with Crippen LogP contribution in [0.2, 0.25) is 0 Å². The van der Waals surface area contributed by atoms with Gasteiger partial charge in [-0.2, -0.15) is 4.39 Å². The van der Waals surface area contributed by atoms with Gasteiger partial charge in [-0.1, -0.05) is 0 Å². The molecule has 0 radical (unpaired) electrons. The summed E-state index contributed by atoms with van der Waals surface area (Å²) in [7, 11) is 0. The molecule has 0 aliphatic heterocycles. The first-order valence-corrected chi connectivity index (χ1v) is 2.50. The molecule has 0 atom stereocenters. The fourth-order valence-electron chi connectivity index (χ4n) is 0.505. The molecule has 1 heterocycles. The number of pyridine rings is 1. The summed E-state index contributed by atoms with van der Waals surface area (Å²) in [6.07, 6.45) is 0.845. The van der Waals surface area contributed by atoms with E-state index in [0.29, 0.717) is 6.07 Å². The number of nitrogens with two attached hydrogens (primary N) is 1. The SMILES string of the molecule is [O-][NH2+]c1cnc(F)cc1F. The predicted molar refractivity (Wildman–Crippen MR) is 29.1 cm³/mol. The highest BCUT2D eigenvalue weighted by Gasteiger charge is 2.03. The Morgan fingerprint density at radius 3 is 2.70 bits per heavy atom. The van der Waals surface area contributed by atoms with E-state index < -0.39 is 11.8 Å². The Balaban J connectivity index is 3.07. The van der Waals surface area contributed by atoms with Gasteiger partial charge in [-0.05, 0) is 0 Å². The van der Waals surface area contributed by atoms with Gasteiger partial charge >= 0.3 is 0 Å². The monoisotopic (exact) mass is 146 g/mol. The van der Waals surface area contributed by atoms with Crippen molar-refractivity contribution in [2.45, 2.75) is 0 Å². The minimum Gasteiger partial charge on any atom is -0.630 e. The molecule has 10 heavy (non-hydrogen) atoms. The summed E-state index contributed by atoms with van der Waals surface area (Å²) in [4.78, 5) is 3.07. The summed E-state index contributed by atoms with van der Waals surface area (Å²) in [5, 5.41) is 9.94. The maximum atomic E-state index is 12.3. The van der Waals surface area contributed by atoms with Crippen molar-refractivity contribution in [3.05, 3.63) is 29.2 Å². The van der Waals surface area contributed by atoms with E-state index >= 15 is 0 Å². The van der Waals surface area contributed by atoms with Crippen LogP contribution in [0.5, 0.6) is 0 Å². The summed E-state index contributed by atoms with van der Waals surface area (Å²) < 4.78 is 24.4. The van der Waals surface area contributed by atoms with Gasteiger partial charge in [-0.15, -0.1) is 0 Å².